The molecule has 1 unspecified atom stereocenters. The summed E-state index contributed by atoms with van der Waals surface area (Å²) in [6, 6.07) is 14.3. The van der Waals surface area contributed by atoms with Gasteiger partial charge in [-0.3, -0.25) is 4.79 Å². The molecule has 2 aromatic carbocycles. The molecule has 0 fully saturated rings. The molecule has 20 heavy (non-hydrogen) atoms. The maximum absolute atomic E-state index is 11.6. The van der Waals surface area contributed by atoms with E-state index in [0.29, 0.717) is 5.56 Å². The second-order valence-electron chi connectivity index (χ2n) is 4.57. The van der Waals surface area contributed by atoms with Crippen molar-refractivity contribution in [3.63, 3.8) is 0 Å². The van der Waals surface area contributed by atoms with Crippen LogP contribution < -0.4 is 5.73 Å². The summed E-state index contributed by atoms with van der Waals surface area (Å²) in [6.45, 7) is 1.92. The number of nitrogens with two attached hydrogens (primary N) is 1. The fraction of sp³-hybridized carbons (Fsp3) is 0.125. The lowest BCUT2D eigenvalue weighted by Gasteiger charge is -2.17. The summed E-state index contributed by atoms with van der Waals surface area (Å²) in [5.74, 6) is -1.99. The van der Waals surface area contributed by atoms with Crippen LogP contribution in [0.4, 0.5) is 0 Å². The molecule has 4 heteroatoms. The summed E-state index contributed by atoms with van der Waals surface area (Å²) in [4.78, 5) is 22.9. The predicted molar refractivity (Wildman–Crippen MR) is 75.9 cm³/mol. The van der Waals surface area contributed by atoms with Crippen molar-refractivity contribution in [3.05, 3.63) is 70.8 Å². The molecule has 0 saturated carbocycles. The Hall–Kier alpha value is -2.62. The van der Waals surface area contributed by atoms with Gasteiger partial charge < -0.3 is 10.8 Å². The SMILES string of the molecule is CC(c1ccccc1)c1cccc(C(=O)O)c1C(N)=O. The Bertz CT molecular complexity index is 650. The van der Waals surface area contributed by atoms with Crippen LogP contribution in [-0.4, -0.2) is 17.0 Å². The molecule has 1 amide bonds. The van der Waals surface area contributed by atoms with Crippen molar-refractivity contribution in [1.82, 2.24) is 0 Å². The molecule has 0 bridgehead atoms. The van der Waals surface area contributed by atoms with Crippen LogP contribution in [0.5, 0.6) is 0 Å². The molecule has 0 radical (unpaired) electrons. The van der Waals surface area contributed by atoms with Crippen LogP contribution in [0.1, 0.15) is 44.7 Å². The Kier molecular flexibility index (Phi) is 3.84. The molecule has 0 aromatic heterocycles. The van der Waals surface area contributed by atoms with Crippen molar-refractivity contribution in [2.24, 2.45) is 5.73 Å². The third kappa shape index (κ3) is 2.54. The third-order valence-corrected chi connectivity index (χ3v) is 3.34. The number of benzene rings is 2. The first-order chi connectivity index (χ1) is 9.52. The first-order valence-corrected chi connectivity index (χ1v) is 6.23. The Morgan fingerprint density at radius 3 is 2.25 bits per heavy atom. The zero-order valence-corrected chi connectivity index (χ0v) is 11.0. The third-order valence-electron chi connectivity index (χ3n) is 3.34. The van der Waals surface area contributed by atoms with E-state index in [1.165, 1.54) is 6.07 Å². The van der Waals surface area contributed by atoms with Crippen molar-refractivity contribution in [3.8, 4) is 0 Å². The number of aromatic carboxylic acids is 1. The van der Waals surface area contributed by atoms with E-state index in [1.54, 1.807) is 12.1 Å². The van der Waals surface area contributed by atoms with Gasteiger partial charge in [0.1, 0.15) is 0 Å². The zero-order valence-electron chi connectivity index (χ0n) is 11.0. The minimum Gasteiger partial charge on any atom is -0.478 e. The van der Waals surface area contributed by atoms with Gasteiger partial charge in [-0.15, -0.1) is 0 Å². The van der Waals surface area contributed by atoms with E-state index in [0.717, 1.165) is 5.56 Å². The Morgan fingerprint density at radius 2 is 1.70 bits per heavy atom. The largest absolute Gasteiger partial charge is 0.478 e. The number of carbonyl (C=O) groups excluding carboxylic acids is 1. The van der Waals surface area contributed by atoms with Gasteiger partial charge in [-0.05, 0) is 17.2 Å². The summed E-state index contributed by atoms with van der Waals surface area (Å²) in [5, 5.41) is 9.18. The van der Waals surface area contributed by atoms with Gasteiger partial charge in [0.25, 0.3) is 0 Å². The average Bonchev–Trinajstić information content (AvgIpc) is 2.46. The van der Waals surface area contributed by atoms with E-state index in [-0.39, 0.29) is 17.0 Å². The van der Waals surface area contributed by atoms with Crippen molar-refractivity contribution in [2.75, 3.05) is 0 Å². The number of primary amides is 1. The molecule has 0 aliphatic heterocycles. The summed E-state index contributed by atoms with van der Waals surface area (Å²) < 4.78 is 0. The normalized spacial score (nSPS) is 11.8. The second kappa shape index (κ2) is 5.57. The molecule has 2 aromatic rings. The van der Waals surface area contributed by atoms with Gasteiger partial charge >= 0.3 is 5.97 Å². The fourth-order valence-corrected chi connectivity index (χ4v) is 2.31. The van der Waals surface area contributed by atoms with E-state index in [9.17, 15) is 14.7 Å². The lowest BCUT2D eigenvalue weighted by atomic mass is 9.87. The number of rotatable bonds is 4. The van der Waals surface area contributed by atoms with Gasteiger partial charge in [-0.25, -0.2) is 4.79 Å². The highest BCUT2D eigenvalue weighted by molar-refractivity contribution is 6.05. The van der Waals surface area contributed by atoms with Gasteiger partial charge in [0.05, 0.1) is 11.1 Å². The lowest BCUT2D eigenvalue weighted by Crippen LogP contribution is -2.20. The molecular weight excluding hydrogens is 254 g/mol. The summed E-state index contributed by atoms with van der Waals surface area (Å²) in [5.41, 5.74) is 7.02. The second-order valence-corrected chi connectivity index (χ2v) is 4.57. The molecule has 3 N–H and O–H groups in total. The van der Waals surface area contributed by atoms with Crippen LogP contribution in [0.3, 0.4) is 0 Å². The summed E-state index contributed by atoms with van der Waals surface area (Å²) in [7, 11) is 0. The number of carboxylic acid groups (broad SMARTS) is 1. The first-order valence-electron chi connectivity index (χ1n) is 6.23. The maximum Gasteiger partial charge on any atom is 0.336 e. The van der Waals surface area contributed by atoms with Crippen LogP contribution in [0.25, 0.3) is 0 Å². The molecule has 102 valence electrons. The molecule has 1 atom stereocenters. The van der Waals surface area contributed by atoms with Crippen LogP contribution in [0.15, 0.2) is 48.5 Å². The minimum atomic E-state index is -1.15. The van der Waals surface area contributed by atoms with E-state index >= 15 is 0 Å². The van der Waals surface area contributed by atoms with Crippen LogP contribution in [0.2, 0.25) is 0 Å². The number of hydrogen-bond donors (Lipinski definition) is 2. The Balaban J connectivity index is 2.60. The van der Waals surface area contributed by atoms with Crippen LogP contribution in [-0.2, 0) is 0 Å². The molecule has 0 saturated heterocycles. The van der Waals surface area contributed by atoms with Crippen molar-refractivity contribution >= 4 is 11.9 Å². The van der Waals surface area contributed by atoms with E-state index in [4.69, 9.17) is 5.73 Å². The number of hydrogen-bond acceptors (Lipinski definition) is 2. The van der Waals surface area contributed by atoms with Gasteiger partial charge in [0, 0.05) is 5.92 Å². The predicted octanol–water partition coefficient (Wildman–Crippen LogP) is 2.64. The van der Waals surface area contributed by atoms with E-state index in [2.05, 4.69) is 0 Å². The van der Waals surface area contributed by atoms with Gasteiger partial charge in [-0.2, -0.15) is 0 Å². The minimum absolute atomic E-state index is 0.0576. The molecule has 2 rings (SSSR count). The van der Waals surface area contributed by atoms with Gasteiger partial charge in [-0.1, -0.05) is 49.4 Å². The topological polar surface area (TPSA) is 80.4 Å². The summed E-state index contributed by atoms with van der Waals surface area (Å²) in [6.07, 6.45) is 0. The highest BCUT2D eigenvalue weighted by Crippen LogP contribution is 2.28. The quantitative estimate of drug-likeness (QED) is 0.895. The maximum atomic E-state index is 11.6. The molecule has 0 aliphatic carbocycles. The highest BCUT2D eigenvalue weighted by atomic mass is 16.4. The number of carbonyl (C=O) groups is 2. The fourth-order valence-electron chi connectivity index (χ4n) is 2.31. The van der Waals surface area contributed by atoms with Crippen molar-refractivity contribution < 1.29 is 14.7 Å². The average molecular weight is 269 g/mol. The summed E-state index contributed by atoms with van der Waals surface area (Å²) >= 11 is 0. The monoisotopic (exact) mass is 269 g/mol. The van der Waals surface area contributed by atoms with Crippen molar-refractivity contribution in [2.45, 2.75) is 12.8 Å². The first kappa shape index (κ1) is 13.8. The van der Waals surface area contributed by atoms with E-state index < -0.39 is 11.9 Å². The van der Waals surface area contributed by atoms with Crippen molar-refractivity contribution in [1.29, 1.82) is 0 Å². The number of amides is 1. The van der Waals surface area contributed by atoms with Crippen LogP contribution in [0, 0.1) is 0 Å². The van der Waals surface area contributed by atoms with Gasteiger partial charge in [0.15, 0.2) is 0 Å². The van der Waals surface area contributed by atoms with Gasteiger partial charge in [0.2, 0.25) is 5.91 Å². The Labute approximate surface area is 116 Å². The zero-order chi connectivity index (χ0) is 14.7. The van der Waals surface area contributed by atoms with E-state index in [1.807, 2.05) is 37.3 Å². The standard InChI is InChI=1S/C16H15NO3/c1-10(11-6-3-2-4-7-11)12-8-5-9-13(16(19)20)14(12)15(17)18/h2-10H,1H3,(H2,17,18)(H,19,20). The Morgan fingerprint density at radius 1 is 1.05 bits per heavy atom. The molecule has 4 nitrogen and oxygen atoms in total. The number of carboxylic acids is 1. The molecule has 0 aliphatic rings. The van der Waals surface area contributed by atoms with Crippen LogP contribution >= 0.6 is 0 Å². The lowest BCUT2D eigenvalue weighted by molar-refractivity contribution is 0.0692. The molecule has 0 spiro atoms. The smallest absolute Gasteiger partial charge is 0.336 e. The highest BCUT2D eigenvalue weighted by Gasteiger charge is 2.22. The molecule has 0 heterocycles. The molecular formula is C16H15NO3.